The minimum atomic E-state index is 0.973. The smallest absolute Gasteiger partial charge is 0.0653 e. The van der Waals surface area contributed by atoms with Crippen LogP contribution in [0.3, 0.4) is 0 Å². The molecular formula is C13H20N4. The Labute approximate surface area is 102 Å². The van der Waals surface area contributed by atoms with Crippen molar-refractivity contribution in [1.29, 1.82) is 0 Å². The maximum Gasteiger partial charge on any atom is 0.0653 e. The number of likely N-dealkylation sites (N-methyl/N-ethyl adjacent to an activating group) is 2. The van der Waals surface area contributed by atoms with Crippen molar-refractivity contribution in [1.82, 2.24) is 20.4 Å². The van der Waals surface area contributed by atoms with Crippen LogP contribution < -0.4 is 5.32 Å². The predicted molar refractivity (Wildman–Crippen MR) is 71.0 cm³/mol. The fraction of sp³-hybridized carbons (Fsp3) is 0.462. The first kappa shape index (κ1) is 12.1. The summed E-state index contributed by atoms with van der Waals surface area (Å²) >= 11 is 0. The van der Waals surface area contributed by atoms with E-state index in [2.05, 4.69) is 52.6 Å². The Morgan fingerprint density at radius 1 is 1.41 bits per heavy atom. The summed E-state index contributed by atoms with van der Waals surface area (Å²) in [5.74, 6) is 0. The van der Waals surface area contributed by atoms with Crippen LogP contribution in [0.1, 0.15) is 12.5 Å². The lowest BCUT2D eigenvalue weighted by atomic mass is 10.1. The molecular weight excluding hydrogens is 212 g/mol. The minimum Gasteiger partial charge on any atom is -0.316 e. The third kappa shape index (κ3) is 3.28. The van der Waals surface area contributed by atoms with Gasteiger partial charge in [0.15, 0.2) is 0 Å². The van der Waals surface area contributed by atoms with E-state index >= 15 is 0 Å². The number of fused-ring (bicyclic) bond motifs is 1. The zero-order valence-electron chi connectivity index (χ0n) is 10.5. The molecule has 2 aromatic rings. The van der Waals surface area contributed by atoms with Gasteiger partial charge in [-0.25, -0.2) is 0 Å². The molecule has 2 rings (SSSR count). The number of hydrogen-bond acceptors (Lipinski definition) is 3. The van der Waals surface area contributed by atoms with Crippen LogP contribution in [-0.4, -0.2) is 41.8 Å². The highest BCUT2D eigenvalue weighted by molar-refractivity contribution is 5.78. The van der Waals surface area contributed by atoms with Gasteiger partial charge >= 0.3 is 0 Å². The number of benzene rings is 1. The van der Waals surface area contributed by atoms with Crippen molar-refractivity contribution in [2.45, 2.75) is 13.5 Å². The predicted octanol–water partition coefficient (Wildman–Crippen LogP) is 1.60. The van der Waals surface area contributed by atoms with E-state index in [0.717, 1.165) is 31.7 Å². The summed E-state index contributed by atoms with van der Waals surface area (Å²) < 4.78 is 0. The highest BCUT2D eigenvalue weighted by Crippen LogP contribution is 2.13. The van der Waals surface area contributed by atoms with E-state index in [9.17, 15) is 0 Å². The van der Waals surface area contributed by atoms with Crippen LogP contribution in [0.5, 0.6) is 0 Å². The quantitative estimate of drug-likeness (QED) is 0.744. The summed E-state index contributed by atoms with van der Waals surface area (Å²) in [5, 5.41) is 11.5. The number of H-pyrrole nitrogens is 1. The molecule has 0 aliphatic carbocycles. The zero-order valence-corrected chi connectivity index (χ0v) is 10.5. The molecule has 0 saturated heterocycles. The lowest BCUT2D eigenvalue weighted by Crippen LogP contribution is -2.28. The van der Waals surface area contributed by atoms with Gasteiger partial charge in [-0.3, -0.25) is 5.10 Å². The maximum atomic E-state index is 4.03. The maximum absolute atomic E-state index is 4.03. The van der Waals surface area contributed by atoms with Crippen LogP contribution in [-0.2, 0) is 6.54 Å². The molecule has 4 heteroatoms. The van der Waals surface area contributed by atoms with Crippen molar-refractivity contribution >= 4 is 10.9 Å². The molecule has 1 aromatic heterocycles. The molecule has 0 fully saturated rings. The van der Waals surface area contributed by atoms with Crippen LogP contribution in [0.4, 0.5) is 0 Å². The van der Waals surface area contributed by atoms with Crippen LogP contribution in [0.2, 0.25) is 0 Å². The first-order valence-corrected chi connectivity index (χ1v) is 6.11. The van der Waals surface area contributed by atoms with Gasteiger partial charge in [0.2, 0.25) is 0 Å². The molecule has 0 aliphatic heterocycles. The lowest BCUT2D eigenvalue weighted by molar-refractivity contribution is 0.326. The Kier molecular flexibility index (Phi) is 4.12. The highest BCUT2D eigenvalue weighted by Gasteiger charge is 2.02. The van der Waals surface area contributed by atoms with Gasteiger partial charge in [-0.1, -0.05) is 19.1 Å². The molecule has 0 unspecified atom stereocenters. The third-order valence-corrected chi connectivity index (χ3v) is 2.88. The summed E-state index contributed by atoms with van der Waals surface area (Å²) in [6.45, 7) is 6.24. The lowest BCUT2D eigenvalue weighted by Gasteiger charge is -2.16. The molecule has 0 amide bonds. The fourth-order valence-electron chi connectivity index (χ4n) is 1.92. The molecule has 2 N–H and O–H groups in total. The number of aromatic nitrogens is 2. The second-order valence-electron chi connectivity index (χ2n) is 4.38. The summed E-state index contributed by atoms with van der Waals surface area (Å²) in [4.78, 5) is 2.32. The van der Waals surface area contributed by atoms with Crippen LogP contribution in [0.15, 0.2) is 24.4 Å². The largest absolute Gasteiger partial charge is 0.316 e. The second kappa shape index (κ2) is 5.80. The van der Waals surface area contributed by atoms with Crippen molar-refractivity contribution < 1.29 is 0 Å². The molecule has 0 atom stereocenters. The van der Waals surface area contributed by atoms with Crippen molar-refractivity contribution in [2.75, 3.05) is 26.7 Å². The van der Waals surface area contributed by atoms with Gasteiger partial charge in [-0.15, -0.1) is 0 Å². The van der Waals surface area contributed by atoms with Gasteiger partial charge in [-0.05, 0) is 25.2 Å². The van der Waals surface area contributed by atoms with Crippen molar-refractivity contribution in [3.8, 4) is 0 Å². The Morgan fingerprint density at radius 3 is 3.12 bits per heavy atom. The Balaban J connectivity index is 1.93. The number of nitrogens with one attached hydrogen (secondary N) is 2. The Hall–Kier alpha value is -1.39. The molecule has 1 heterocycles. The monoisotopic (exact) mass is 232 g/mol. The van der Waals surface area contributed by atoms with Crippen LogP contribution in [0, 0.1) is 0 Å². The number of aromatic amines is 1. The van der Waals surface area contributed by atoms with Gasteiger partial charge in [0.1, 0.15) is 0 Å². The highest BCUT2D eigenvalue weighted by atomic mass is 15.1. The standard InChI is InChI=1S/C13H20N4/c1-3-14-6-7-17(2)10-11-4-5-12-9-15-16-13(12)8-11/h4-5,8-9,14H,3,6-7,10H2,1-2H3,(H,15,16). The van der Waals surface area contributed by atoms with Crippen molar-refractivity contribution in [3.05, 3.63) is 30.0 Å². The average Bonchev–Trinajstić information content (AvgIpc) is 2.76. The Bertz CT molecular complexity index is 463. The molecule has 0 bridgehead atoms. The van der Waals surface area contributed by atoms with Gasteiger partial charge < -0.3 is 10.2 Å². The first-order valence-electron chi connectivity index (χ1n) is 6.11. The van der Waals surface area contributed by atoms with Crippen molar-refractivity contribution in [2.24, 2.45) is 0 Å². The molecule has 92 valence electrons. The van der Waals surface area contributed by atoms with E-state index < -0.39 is 0 Å². The summed E-state index contributed by atoms with van der Waals surface area (Å²) in [7, 11) is 2.15. The summed E-state index contributed by atoms with van der Waals surface area (Å²) in [5.41, 5.74) is 2.43. The van der Waals surface area contributed by atoms with E-state index in [0.29, 0.717) is 0 Å². The molecule has 0 spiro atoms. The Morgan fingerprint density at radius 2 is 2.29 bits per heavy atom. The third-order valence-electron chi connectivity index (χ3n) is 2.88. The van der Waals surface area contributed by atoms with Crippen molar-refractivity contribution in [3.63, 3.8) is 0 Å². The van der Waals surface area contributed by atoms with E-state index in [-0.39, 0.29) is 0 Å². The van der Waals surface area contributed by atoms with E-state index in [1.165, 1.54) is 10.9 Å². The zero-order chi connectivity index (χ0) is 12.1. The molecule has 1 aromatic carbocycles. The topological polar surface area (TPSA) is 44.0 Å². The average molecular weight is 232 g/mol. The fourth-order valence-corrected chi connectivity index (χ4v) is 1.92. The van der Waals surface area contributed by atoms with E-state index in [4.69, 9.17) is 0 Å². The van der Waals surface area contributed by atoms with Gasteiger partial charge in [0, 0.05) is 25.0 Å². The SMILES string of the molecule is CCNCCN(C)Cc1ccc2cn[nH]c2c1. The normalized spacial score (nSPS) is 11.5. The minimum absolute atomic E-state index is 0.973. The number of rotatable bonds is 6. The van der Waals surface area contributed by atoms with E-state index in [1.54, 1.807) is 0 Å². The van der Waals surface area contributed by atoms with Crippen LogP contribution in [0.25, 0.3) is 10.9 Å². The summed E-state index contributed by atoms with van der Waals surface area (Å²) in [6.07, 6.45) is 1.86. The molecule has 17 heavy (non-hydrogen) atoms. The first-order chi connectivity index (χ1) is 8.29. The number of hydrogen-bond donors (Lipinski definition) is 2. The molecule has 4 nitrogen and oxygen atoms in total. The van der Waals surface area contributed by atoms with Gasteiger partial charge in [0.25, 0.3) is 0 Å². The summed E-state index contributed by atoms with van der Waals surface area (Å²) in [6, 6.07) is 6.46. The molecule has 0 aliphatic rings. The van der Waals surface area contributed by atoms with Crippen LogP contribution >= 0.6 is 0 Å². The van der Waals surface area contributed by atoms with Gasteiger partial charge in [-0.2, -0.15) is 5.10 Å². The molecule has 0 radical (unpaired) electrons. The van der Waals surface area contributed by atoms with E-state index in [1.807, 2.05) is 6.20 Å². The number of nitrogens with zero attached hydrogens (tertiary/aromatic N) is 2. The molecule has 0 saturated carbocycles. The van der Waals surface area contributed by atoms with Gasteiger partial charge in [0.05, 0.1) is 11.7 Å². The second-order valence-corrected chi connectivity index (χ2v) is 4.38.